The van der Waals surface area contributed by atoms with E-state index in [1.807, 2.05) is 6.07 Å². The minimum atomic E-state index is -0.256. The standard InChI is InChI=1S/C14H10BrFN2OS2/c15-12-6-5-10(21-12)8-20-14-18-17-13(19-14)7-9-3-1-2-4-11(9)16/h1-6H,7-8H2. The number of hydrogen-bond donors (Lipinski definition) is 0. The quantitative estimate of drug-likeness (QED) is 0.585. The number of nitrogens with zero attached hydrogens (tertiary/aromatic N) is 2. The van der Waals surface area contributed by atoms with Gasteiger partial charge in [-0.05, 0) is 39.7 Å². The summed E-state index contributed by atoms with van der Waals surface area (Å²) in [6.07, 6.45) is 0.310. The molecule has 0 atom stereocenters. The molecule has 0 unspecified atom stereocenters. The molecular weight excluding hydrogens is 375 g/mol. The monoisotopic (exact) mass is 384 g/mol. The fraction of sp³-hybridized carbons (Fsp3) is 0.143. The molecule has 2 heterocycles. The van der Waals surface area contributed by atoms with Gasteiger partial charge in [-0.3, -0.25) is 0 Å². The zero-order valence-electron chi connectivity index (χ0n) is 10.8. The van der Waals surface area contributed by atoms with Crippen molar-refractivity contribution in [3.8, 4) is 0 Å². The highest BCUT2D eigenvalue weighted by Gasteiger charge is 2.10. The summed E-state index contributed by atoms with van der Waals surface area (Å²) in [5.74, 6) is 0.945. The van der Waals surface area contributed by atoms with Gasteiger partial charge in [0.05, 0.1) is 10.2 Å². The first-order valence-electron chi connectivity index (χ1n) is 6.13. The van der Waals surface area contributed by atoms with Crippen molar-refractivity contribution >= 4 is 39.0 Å². The highest BCUT2D eigenvalue weighted by Crippen LogP contribution is 2.28. The Labute approximate surface area is 137 Å². The van der Waals surface area contributed by atoms with Gasteiger partial charge in [-0.2, -0.15) is 0 Å². The molecule has 7 heteroatoms. The average molecular weight is 385 g/mol. The van der Waals surface area contributed by atoms with Gasteiger partial charge in [-0.15, -0.1) is 21.5 Å². The Balaban J connectivity index is 1.62. The van der Waals surface area contributed by atoms with Crippen molar-refractivity contribution in [1.82, 2.24) is 10.2 Å². The largest absolute Gasteiger partial charge is 0.416 e. The van der Waals surface area contributed by atoms with Crippen LogP contribution in [0, 0.1) is 5.82 Å². The number of benzene rings is 1. The Hall–Kier alpha value is -1.18. The molecule has 0 spiro atoms. The second-order valence-electron chi connectivity index (χ2n) is 4.22. The number of thiophene rings is 1. The van der Waals surface area contributed by atoms with Crippen LogP contribution >= 0.6 is 39.0 Å². The van der Waals surface area contributed by atoms with E-state index in [-0.39, 0.29) is 5.82 Å². The van der Waals surface area contributed by atoms with Crippen LogP contribution in [0.4, 0.5) is 4.39 Å². The molecule has 0 saturated heterocycles. The SMILES string of the molecule is Fc1ccccc1Cc1nnc(SCc2ccc(Br)s2)o1. The summed E-state index contributed by atoms with van der Waals surface area (Å²) < 4.78 is 20.2. The summed E-state index contributed by atoms with van der Waals surface area (Å²) in [7, 11) is 0. The second-order valence-corrected chi connectivity index (χ2v) is 7.70. The van der Waals surface area contributed by atoms with Gasteiger partial charge in [0, 0.05) is 10.6 Å². The van der Waals surface area contributed by atoms with Crippen LogP contribution in [0.5, 0.6) is 0 Å². The van der Waals surface area contributed by atoms with Gasteiger partial charge in [0.15, 0.2) is 0 Å². The molecule has 108 valence electrons. The predicted octanol–water partition coefficient (Wildman–Crippen LogP) is 4.92. The minimum Gasteiger partial charge on any atom is -0.416 e. The van der Waals surface area contributed by atoms with E-state index in [9.17, 15) is 4.39 Å². The molecule has 0 amide bonds. The molecule has 2 aromatic heterocycles. The summed E-state index contributed by atoms with van der Waals surface area (Å²) in [4.78, 5) is 1.22. The molecule has 0 radical (unpaired) electrons. The lowest BCUT2D eigenvalue weighted by Gasteiger charge is -1.98. The van der Waals surface area contributed by atoms with Crippen LogP contribution in [0.1, 0.15) is 16.3 Å². The predicted molar refractivity (Wildman–Crippen MR) is 85.1 cm³/mol. The highest BCUT2D eigenvalue weighted by atomic mass is 79.9. The van der Waals surface area contributed by atoms with Crippen LogP contribution < -0.4 is 0 Å². The second kappa shape index (κ2) is 6.72. The summed E-state index contributed by atoms with van der Waals surface area (Å²) >= 11 is 6.58. The van der Waals surface area contributed by atoms with Crippen LogP contribution in [-0.2, 0) is 12.2 Å². The van der Waals surface area contributed by atoms with Crippen LogP contribution in [0.25, 0.3) is 0 Å². The summed E-state index contributed by atoms with van der Waals surface area (Å²) in [6.45, 7) is 0. The molecule has 0 saturated carbocycles. The fourth-order valence-electron chi connectivity index (χ4n) is 1.73. The first kappa shape index (κ1) is 14.7. The van der Waals surface area contributed by atoms with E-state index in [0.29, 0.717) is 23.1 Å². The maximum Gasteiger partial charge on any atom is 0.276 e. The number of hydrogen-bond acceptors (Lipinski definition) is 5. The molecule has 1 aromatic carbocycles. The summed E-state index contributed by atoms with van der Waals surface area (Å²) in [6, 6.07) is 10.7. The molecule has 0 aliphatic rings. The summed E-state index contributed by atoms with van der Waals surface area (Å²) in [5.41, 5.74) is 0.555. The summed E-state index contributed by atoms with van der Waals surface area (Å²) in [5, 5.41) is 8.45. The Kier molecular flexibility index (Phi) is 4.72. The normalized spacial score (nSPS) is 11.0. The molecule has 3 rings (SSSR count). The van der Waals surface area contributed by atoms with E-state index in [0.717, 1.165) is 9.54 Å². The third-order valence-corrected chi connectivity index (χ3v) is 5.39. The first-order valence-corrected chi connectivity index (χ1v) is 8.73. The Bertz CT molecular complexity index is 744. The third kappa shape index (κ3) is 3.93. The molecule has 0 N–H and O–H groups in total. The van der Waals surface area contributed by atoms with Gasteiger partial charge >= 0.3 is 0 Å². The lowest BCUT2D eigenvalue weighted by molar-refractivity contribution is 0.418. The highest BCUT2D eigenvalue weighted by molar-refractivity contribution is 9.11. The Morgan fingerprint density at radius 1 is 1.19 bits per heavy atom. The van der Waals surface area contributed by atoms with Crippen molar-refractivity contribution in [1.29, 1.82) is 0 Å². The molecule has 21 heavy (non-hydrogen) atoms. The molecule has 0 aliphatic carbocycles. The van der Waals surface area contributed by atoms with Crippen molar-refractivity contribution < 1.29 is 8.81 Å². The molecular formula is C14H10BrFN2OS2. The van der Waals surface area contributed by atoms with Crippen molar-refractivity contribution in [3.63, 3.8) is 0 Å². The van der Waals surface area contributed by atoms with Crippen molar-refractivity contribution in [2.75, 3.05) is 0 Å². The number of rotatable bonds is 5. The Morgan fingerprint density at radius 3 is 2.81 bits per heavy atom. The van der Waals surface area contributed by atoms with Gasteiger partial charge in [-0.25, -0.2) is 4.39 Å². The first-order chi connectivity index (χ1) is 10.2. The molecule has 0 bridgehead atoms. The van der Waals surface area contributed by atoms with Crippen LogP contribution in [0.3, 0.4) is 0 Å². The van der Waals surface area contributed by atoms with E-state index in [2.05, 4.69) is 32.2 Å². The number of aromatic nitrogens is 2. The number of thioether (sulfide) groups is 1. The minimum absolute atomic E-state index is 0.256. The van der Waals surface area contributed by atoms with E-state index in [1.54, 1.807) is 29.5 Å². The van der Waals surface area contributed by atoms with Crippen LogP contribution in [-0.4, -0.2) is 10.2 Å². The maximum absolute atomic E-state index is 13.6. The van der Waals surface area contributed by atoms with Gasteiger partial charge in [0.25, 0.3) is 5.22 Å². The molecule has 3 nitrogen and oxygen atoms in total. The topological polar surface area (TPSA) is 38.9 Å². The zero-order valence-corrected chi connectivity index (χ0v) is 14.0. The lowest BCUT2D eigenvalue weighted by Crippen LogP contribution is -1.92. The van der Waals surface area contributed by atoms with Crippen molar-refractivity contribution in [2.45, 2.75) is 17.4 Å². The average Bonchev–Trinajstić information content (AvgIpc) is 3.08. The van der Waals surface area contributed by atoms with Crippen LogP contribution in [0.15, 0.2) is 49.8 Å². The molecule has 3 aromatic rings. The van der Waals surface area contributed by atoms with E-state index in [4.69, 9.17) is 4.42 Å². The van der Waals surface area contributed by atoms with Crippen molar-refractivity contribution in [2.24, 2.45) is 0 Å². The maximum atomic E-state index is 13.6. The smallest absolute Gasteiger partial charge is 0.276 e. The van der Waals surface area contributed by atoms with Crippen LogP contribution in [0.2, 0.25) is 0 Å². The molecule has 0 fully saturated rings. The van der Waals surface area contributed by atoms with Gasteiger partial charge in [0.2, 0.25) is 5.89 Å². The Morgan fingerprint density at radius 2 is 2.05 bits per heavy atom. The van der Waals surface area contributed by atoms with Gasteiger partial charge in [-0.1, -0.05) is 30.0 Å². The van der Waals surface area contributed by atoms with E-state index < -0.39 is 0 Å². The molecule has 0 aliphatic heterocycles. The van der Waals surface area contributed by atoms with E-state index in [1.165, 1.54) is 22.7 Å². The van der Waals surface area contributed by atoms with Gasteiger partial charge in [0.1, 0.15) is 5.82 Å². The zero-order chi connectivity index (χ0) is 14.7. The lowest BCUT2D eigenvalue weighted by atomic mass is 10.1. The third-order valence-electron chi connectivity index (χ3n) is 2.71. The van der Waals surface area contributed by atoms with E-state index >= 15 is 0 Å². The van der Waals surface area contributed by atoms with Crippen molar-refractivity contribution in [3.05, 3.63) is 62.3 Å². The number of halogens is 2. The fourth-order valence-corrected chi connectivity index (χ4v) is 4.04. The van der Waals surface area contributed by atoms with Gasteiger partial charge < -0.3 is 4.42 Å².